The lowest BCUT2D eigenvalue weighted by molar-refractivity contribution is 0.0625. The van der Waals surface area contributed by atoms with Crippen molar-refractivity contribution in [2.75, 3.05) is 47.9 Å². The number of hydrogen-bond acceptors (Lipinski definition) is 3. The molecule has 152 valence electrons. The van der Waals surface area contributed by atoms with Crippen molar-refractivity contribution in [3.63, 3.8) is 0 Å². The molecule has 0 spiro atoms. The minimum atomic E-state index is 0. The predicted molar refractivity (Wildman–Crippen MR) is 121 cm³/mol. The maximum Gasteiger partial charge on any atom is 0.253 e. The fourth-order valence-electron chi connectivity index (χ4n) is 3.11. The highest BCUT2D eigenvalue weighted by Gasteiger charge is 2.15. The fraction of sp³-hybridized carbons (Fsp3) is 0.600. The molecule has 6 nitrogen and oxygen atoms in total. The second-order valence-electron chi connectivity index (χ2n) is 7.06. The average molecular weight is 488 g/mol. The lowest BCUT2D eigenvalue weighted by atomic mass is 9.96. The van der Waals surface area contributed by atoms with Crippen molar-refractivity contribution < 1.29 is 9.53 Å². The fourth-order valence-corrected chi connectivity index (χ4v) is 3.11. The summed E-state index contributed by atoms with van der Waals surface area (Å²) in [6.07, 6.45) is 3.50. The molecule has 0 aliphatic carbocycles. The first-order valence-electron chi connectivity index (χ1n) is 9.31. The first kappa shape index (κ1) is 23.7. The SMILES string of the molecule is CN=C(NCc1ccc(C(=O)N(C)C)cc1)N(C)CCC1CCOCC1.I. The van der Waals surface area contributed by atoms with Crippen LogP contribution in [0, 0.1) is 5.92 Å². The number of ether oxygens (including phenoxy) is 1. The summed E-state index contributed by atoms with van der Waals surface area (Å²) in [6, 6.07) is 7.71. The molecule has 1 saturated heterocycles. The van der Waals surface area contributed by atoms with Gasteiger partial charge in [-0.1, -0.05) is 12.1 Å². The molecule has 7 heteroatoms. The molecule has 0 aromatic heterocycles. The molecule has 2 rings (SSSR count). The van der Waals surface area contributed by atoms with Crippen LogP contribution < -0.4 is 5.32 Å². The van der Waals surface area contributed by atoms with Crippen LogP contribution in [0.5, 0.6) is 0 Å². The number of guanidine groups is 1. The first-order chi connectivity index (χ1) is 12.5. The normalized spacial score (nSPS) is 15.0. The van der Waals surface area contributed by atoms with Gasteiger partial charge in [0.15, 0.2) is 5.96 Å². The molecule has 0 unspecified atom stereocenters. The lowest BCUT2D eigenvalue weighted by Gasteiger charge is -2.26. The van der Waals surface area contributed by atoms with Crippen LogP contribution in [0.15, 0.2) is 29.3 Å². The summed E-state index contributed by atoms with van der Waals surface area (Å²) in [5.41, 5.74) is 1.83. The minimum Gasteiger partial charge on any atom is -0.381 e. The third-order valence-electron chi connectivity index (χ3n) is 4.84. The van der Waals surface area contributed by atoms with Crippen molar-refractivity contribution in [3.05, 3.63) is 35.4 Å². The van der Waals surface area contributed by atoms with E-state index in [-0.39, 0.29) is 29.9 Å². The highest BCUT2D eigenvalue weighted by atomic mass is 127. The van der Waals surface area contributed by atoms with Gasteiger partial charge in [0.05, 0.1) is 0 Å². The maximum absolute atomic E-state index is 11.9. The Bertz CT molecular complexity index is 599. The van der Waals surface area contributed by atoms with Gasteiger partial charge in [-0.15, -0.1) is 24.0 Å². The number of nitrogens with zero attached hydrogens (tertiary/aromatic N) is 3. The summed E-state index contributed by atoms with van der Waals surface area (Å²) in [5, 5.41) is 3.40. The Morgan fingerprint density at radius 2 is 1.81 bits per heavy atom. The molecule has 0 radical (unpaired) electrons. The zero-order valence-electron chi connectivity index (χ0n) is 16.9. The number of aliphatic imine (C=N–C) groups is 1. The molecule has 1 aliphatic heterocycles. The molecule has 0 bridgehead atoms. The van der Waals surface area contributed by atoms with Crippen LogP contribution in [0.2, 0.25) is 0 Å². The quantitative estimate of drug-likeness (QED) is 0.380. The number of rotatable bonds is 6. The van der Waals surface area contributed by atoms with Gasteiger partial charge in [0, 0.05) is 60.1 Å². The van der Waals surface area contributed by atoms with Gasteiger partial charge in [-0.25, -0.2) is 0 Å². The van der Waals surface area contributed by atoms with E-state index in [1.54, 1.807) is 19.0 Å². The summed E-state index contributed by atoms with van der Waals surface area (Å²) in [7, 11) is 7.41. The topological polar surface area (TPSA) is 57.2 Å². The highest BCUT2D eigenvalue weighted by Crippen LogP contribution is 2.18. The van der Waals surface area contributed by atoms with Crippen LogP contribution in [-0.4, -0.2) is 69.6 Å². The Labute approximate surface area is 180 Å². The highest BCUT2D eigenvalue weighted by molar-refractivity contribution is 14.0. The standard InChI is InChI=1S/C20H32N4O2.HI/c1-21-20(24(4)12-9-16-10-13-26-14-11-16)22-15-17-5-7-18(8-6-17)19(25)23(2)3;/h5-8,16H,9-15H2,1-4H3,(H,21,22);1H. The van der Waals surface area contributed by atoms with E-state index in [9.17, 15) is 4.79 Å². The number of halogens is 1. The van der Waals surface area contributed by atoms with Gasteiger partial charge in [0.2, 0.25) is 0 Å². The summed E-state index contributed by atoms with van der Waals surface area (Å²) in [6.45, 7) is 3.46. The Balaban J connectivity index is 0.00000364. The van der Waals surface area contributed by atoms with E-state index in [4.69, 9.17) is 4.74 Å². The van der Waals surface area contributed by atoms with Gasteiger partial charge in [-0.2, -0.15) is 0 Å². The number of benzene rings is 1. The average Bonchev–Trinajstić information content (AvgIpc) is 2.67. The largest absolute Gasteiger partial charge is 0.381 e. The smallest absolute Gasteiger partial charge is 0.253 e. The van der Waals surface area contributed by atoms with Crippen LogP contribution in [0.3, 0.4) is 0 Å². The molecule has 1 aromatic carbocycles. The van der Waals surface area contributed by atoms with E-state index in [1.807, 2.05) is 31.3 Å². The van der Waals surface area contributed by atoms with Crippen molar-refractivity contribution >= 4 is 35.8 Å². The van der Waals surface area contributed by atoms with Gasteiger partial charge in [-0.05, 0) is 42.9 Å². The van der Waals surface area contributed by atoms with E-state index < -0.39 is 0 Å². The van der Waals surface area contributed by atoms with Gasteiger partial charge in [0.1, 0.15) is 0 Å². The molecular weight excluding hydrogens is 455 g/mol. The molecular formula is C20H33IN4O2. The number of carbonyl (C=O) groups is 1. The third-order valence-corrected chi connectivity index (χ3v) is 4.84. The zero-order valence-corrected chi connectivity index (χ0v) is 19.2. The Morgan fingerprint density at radius 3 is 2.37 bits per heavy atom. The van der Waals surface area contributed by atoms with Gasteiger partial charge >= 0.3 is 0 Å². The Kier molecular flexibility index (Phi) is 10.7. The third kappa shape index (κ3) is 7.65. The maximum atomic E-state index is 11.9. The molecule has 0 saturated carbocycles. The second kappa shape index (κ2) is 12.2. The Morgan fingerprint density at radius 1 is 1.19 bits per heavy atom. The van der Waals surface area contributed by atoms with Crippen molar-refractivity contribution in [1.29, 1.82) is 0 Å². The molecule has 1 fully saturated rings. The van der Waals surface area contributed by atoms with Crippen LogP contribution in [0.4, 0.5) is 0 Å². The first-order valence-corrected chi connectivity index (χ1v) is 9.31. The van der Waals surface area contributed by atoms with E-state index >= 15 is 0 Å². The lowest BCUT2D eigenvalue weighted by Crippen LogP contribution is -2.39. The molecule has 1 aliphatic rings. The summed E-state index contributed by atoms with van der Waals surface area (Å²) in [5.74, 6) is 1.67. The minimum absolute atomic E-state index is 0. The summed E-state index contributed by atoms with van der Waals surface area (Å²) >= 11 is 0. The number of hydrogen-bond donors (Lipinski definition) is 1. The molecule has 1 aromatic rings. The zero-order chi connectivity index (χ0) is 18.9. The number of nitrogens with one attached hydrogen (secondary N) is 1. The van der Waals surface area contributed by atoms with Crippen LogP contribution in [-0.2, 0) is 11.3 Å². The van der Waals surface area contributed by atoms with Gasteiger partial charge in [0.25, 0.3) is 5.91 Å². The molecule has 1 amide bonds. The Hall–Kier alpha value is -1.35. The number of amides is 1. The molecule has 1 heterocycles. The van der Waals surface area contributed by atoms with Crippen molar-refractivity contribution in [2.45, 2.75) is 25.8 Å². The van der Waals surface area contributed by atoms with E-state index in [0.717, 1.165) is 50.0 Å². The van der Waals surface area contributed by atoms with Gasteiger partial charge in [-0.3, -0.25) is 9.79 Å². The number of carbonyl (C=O) groups excluding carboxylic acids is 1. The van der Waals surface area contributed by atoms with Crippen molar-refractivity contribution in [1.82, 2.24) is 15.1 Å². The van der Waals surface area contributed by atoms with Crippen molar-refractivity contribution in [2.24, 2.45) is 10.9 Å². The van der Waals surface area contributed by atoms with Crippen LogP contribution in [0.25, 0.3) is 0 Å². The van der Waals surface area contributed by atoms with Crippen LogP contribution >= 0.6 is 24.0 Å². The van der Waals surface area contributed by atoms with E-state index in [1.165, 1.54) is 6.42 Å². The second-order valence-corrected chi connectivity index (χ2v) is 7.06. The molecule has 1 N–H and O–H groups in total. The predicted octanol–water partition coefficient (Wildman–Crippen LogP) is 2.83. The van der Waals surface area contributed by atoms with Gasteiger partial charge < -0.3 is 19.9 Å². The van der Waals surface area contributed by atoms with E-state index in [2.05, 4.69) is 22.3 Å². The summed E-state index contributed by atoms with van der Waals surface area (Å²) < 4.78 is 5.43. The monoisotopic (exact) mass is 488 g/mol. The van der Waals surface area contributed by atoms with Crippen LogP contribution in [0.1, 0.15) is 35.2 Å². The van der Waals surface area contributed by atoms with Crippen molar-refractivity contribution in [3.8, 4) is 0 Å². The summed E-state index contributed by atoms with van der Waals surface area (Å²) in [4.78, 5) is 20.1. The van der Waals surface area contributed by atoms with E-state index in [0.29, 0.717) is 12.1 Å². The molecule has 27 heavy (non-hydrogen) atoms. The molecule has 0 atom stereocenters.